The molecule has 0 aliphatic carbocycles. The Kier molecular flexibility index (Phi) is 7.43. The first-order valence-corrected chi connectivity index (χ1v) is 12.1. The lowest BCUT2D eigenvalue weighted by atomic mass is 10.1. The number of halogens is 1. The Morgan fingerprint density at radius 3 is 2.53 bits per heavy atom. The average molecular weight is 519 g/mol. The van der Waals surface area contributed by atoms with Gasteiger partial charge in [-0.1, -0.05) is 41.4 Å². The fourth-order valence-corrected chi connectivity index (χ4v) is 4.05. The zero-order valence-corrected chi connectivity index (χ0v) is 21.1. The topological polar surface area (TPSA) is 69.0 Å². The number of unbranched alkanes of at least 4 members (excludes halogenated alkanes) is 1. The molecule has 4 rings (SSSR count). The smallest absolute Gasteiger partial charge is 0.248 e. The van der Waals surface area contributed by atoms with Crippen LogP contribution in [-0.4, -0.2) is 28.0 Å². The number of nitrogens with zero attached hydrogens (tertiary/aromatic N) is 3. The van der Waals surface area contributed by atoms with Gasteiger partial charge in [0.1, 0.15) is 16.8 Å². The minimum Gasteiger partial charge on any atom is -0.496 e. The van der Waals surface area contributed by atoms with Crippen molar-refractivity contribution in [2.75, 3.05) is 12.4 Å². The number of anilines is 1. The van der Waals surface area contributed by atoms with E-state index < -0.39 is 0 Å². The minimum absolute atomic E-state index is 0.237. The van der Waals surface area contributed by atoms with E-state index in [0.717, 1.165) is 33.2 Å². The molecule has 1 N–H and O–H groups in total. The van der Waals surface area contributed by atoms with Crippen molar-refractivity contribution in [3.05, 3.63) is 81.8 Å². The zero-order chi connectivity index (χ0) is 24.1. The van der Waals surface area contributed by atoms with Gasteiger partial charge in [0.05, 0.1) is 12.8 Å². The standard InChI is InChI=1S/C27H27BrN4O2/c1-4-5-6-19-7-11-22(12-8-19)32-30-24-15-18(2)23(17-25(24)31-32)29-27(33)14-9-20-16-21(28)10-13-26(20)34-3/h7-17H,4-6H2,1-3H3,(H,29,33). The zero-order valence-electron chi connectivity index (χ0n) is 19.5. The van der Waals surface area contributed by atoms with Gasteiger partial charge in [-0.05, 0) is 79.4 Å². The Bertz CT molecular complexity index is 1340. The summed E-state index contributed by atoms with van der Waals surface area (Å²) in [4.78, 5) is 14.2. The van der Waals surface area contributed by atoms with Crippen LogP contribution in [0, 0.1) is 6.92 Å². The quantitative estimate of drug-likeness (QED) is 0.270. The second-order valence-corrected chi connectivity index (χ2v) is 9.04. The molecule has 0 bridgehead atoms. The second-order valence-electron chi connectivity index (χ2n) is 8.12. The molecule has 0 fully saturated rings. The van der Waals surface area contributed by atoms with Crippen LogP contribution in [0.4, 0.5) is 5.69 Å². The lowest BCUT2D eigenvalue weighted by Gasteiger charge is -2.07. The van der Waals surface area contributed by atoms with Gasteiger partial charge in [-0.2, -0.15) is 4.80 Å². The van der Waals surface area contributed by atoms with Crippen molar-refractivity contribution in [1.29, 1.82) is 0 Å². The van der Waals surface area contributed by atoms with Gasteiger partial charge in [-0.25, -0.2) is 0 Å². The van der Waals surface area contributed by atoms with Crippen LogP contribution in [-0.2, 0) is 11.2 Å². The Morgan fingerprint density at radius 1 is 1.09 bits per heavy atom. The molecule has 1 aromatic heterocycles. The molecule has 0 saturated heterocycles. The molecule has 0 aliphatic heterocycles. The molecular formula is C27H27BrN4O2. The van der Waals surface area contributed by atoms with Crippen molar-refractivity contribution < 1.29 is 9.53 Å². The van der Waals surface area contributed by atoms with Gasteiger partial charge < -0.3 is 10.1 Å². The van der Waals surface area contributed by atoms with Gasteiger partial charge >= 0.3 is 0 Å². The number of nitrogens with one attached hydrogen (secondary N) is 1. The van der Waals surface area contributed by atoms with Gasteiger partial charge in [0.2, 0.25) is 5.91 Å². The predicted octanol–water partition coefficient (Wildman–Crippen LogP) is 6.49. The van der Waals surface area contributed by atoms with E-state index >= 15 is 0 Å². The van der Waals surface area contributed by atoms with Crippen molar-refractivity contribution in [2.24, 2.45) is 0 Å². The first-order valence-electron chi connectivity index (χ1n) is 11.3. The minimum atomic E-state index is -0.237. The Hall–Kier alpha value is -3.45. The third-order valence-corrected chi connectivity index (χ3v) is 6.07. The molecule has 174 valence electrons. The van der Waals surface area contributed by atoms with Crippen molar-refractivity contribution >= 4 is 44.6 Å². The summed E-state index contributed by atoms with van der Waals surface area (Å²) in [6.45, 7) is 4.14. The molecule has 7 heteroatoms. The Labute approximate surface area is 207 Å². The van der Waals surface area contributed by atoms with Crippen LogP contribution in [0.15, 0.2) is 65.1 Å². The van der Waals surface area contributed by atoms with Crippen molar-refractivity contribution in [3.8, 4) is 11.4 Å². The first kappa shape index (κ1) is 23.7. The number of amides is 1. The highest BCUT2D eigenvalue weighted by Gasteiger charge is 2.10. The molecule has 34 heavy (non-hydrogen) atoms. The molecule has 0 radical (unpaired) electrons. The normalized spacial score (nSPS) is 11.3. The number of carbonyl (C=O) groups is 1. The van der Waals surface area contributed by atoms with E-state index in [4.69, 9.17) is 4.74 Å². The molecule has 0 saturated carbocycles. The lowest BCUT2D eigenvalue weighted by Crippen LogP contribution is -2.09. The Balaban J connectivity index is 1.52. The summed E-state index contributed by atoms with van der Waals surface area (Å²) in [5.74, 6) is 0.458. The monoisotopic (exact) mass is 518 g/mol. The van der Waals surface area contributed by atoms with E-state index in [1.165, 1.54) is 24.5 Å². The Morgan fingerprint density at radius 2 is 1.82 bits per heavy atom. The summed E-state index contributed by atoms with van der Waals surface area (Å²) in [6.07, 6.45) is 6.66. The van der Waals surface area contributed by atoms with Gasteiger partial charge in [0.15, 0.2) is 0 Å². The highest BCUT2D eigenvalue weighted by atomic mass is 79.9. The number of carbonyl (C=O) groups excluding carboxylic acids is 1. The molecule has 0 aliphatic rings. The lowest BCUT2D eigenvalue weighted by molar-refractivity contribution is -0.111. The van der Waals surface area contributed by atoms with E-state index in [1.54, 1.807) is 18.0 Å². The maximum atomic E-state index is 12.6. The van der Waals surface area contributed by atoms with Crippen LogP contribution < -0.4 is 10.1 Å². The summed E-state index contributed by atoms with van der Waals surface area (Å²) in [5, 5.41) is 12.2. The second kappa shape index (κ2) is 10.7. The molecule has 0 spiro atoms. The molecule has 6 nitrogen and oxygen atoms in total. The van der Waals surface area contributed by atoms with E-state index in [-0.39, 0.29) is 5.91 Å². The summed E-state index contributed by atoms with van der Waals surface area (Å²) in [5.41, 5.74) is 6.14. The van der Waals surface area contributed by atoms with E-state index in [2.05, 4.69) is 50.5 Å². The van der Waals surface area contributed by atoms with Crippen LogP contribution >= 0.6 is 15.9 Å². The van der Waals surface area contributed by atoms with Gasteiger partial charge in [0.25, 0.3) is 0 Å². The van der Waals surface area contributed by atoms with Crippen molar-refractivity contribution in [3.63, 3.8) is 0 Å². The molecule has 4 aromatic rings. The summed E-state index contributed by atoms with van der Waals surface area (Å²) in [7, 11) is 1.60. The van der Waals surface area contributed by atoms with E-state index in [9.17, 15) is 4.79 Å². The highest BCUT2D eigenvalue weighted by Crippen LogP contribution is 2.25. The third-order valence-electron chi connectivity index (χ3n) is 5.58. The average Bonchev–Trinajstić information content (AvgIpc) is 3.24. The maximum absolute atomic E-state index is 12.6. The van der Waals surface area contributed by atoms with Gasteiger partial charge in [-0.3, -0.25) is 4.79 Å². The van der Waals surface area contributed by atoms with Crippen LogP contribution in [0.5, 0.6) is 5.75 Å². The van der Waals surface area contributed by atoms with Crippen molar-refractivity contribution in [2.45, 2.75) is 33.1 Å². The largest absolute Gasteiger partial charge is 0.496 e. The van der Waals surface area contributed by atoms with Crippen LogP contribution in [0.2, 0.25) is 0 Å². The van der Waals surface area contributed by atoms with Gasteiger partial charge in [0, 0.05) is 21.8 Å². The fourth-order valence-electron chi connectivity index (χ4n) is 3.67. The summed E-state index contributed by atoms with van der Waals surface area (Å²) in [6, 6.07) is 17.8. The van der Waals surface area contributed by atoms with Gasteiger partial charge in [-0.15, -0.1) is 10.2 Å². The number of aromatic nitrogens is 3. The number of aryl methyl sites for hydroxylation is 2. The van der Waals surface area contributed by atoms with E-state index in [1.807, 2.05) is 49.4 Å². The predicted molar refractivity (Wildman–Crippen MR) is 141 cm³/mol. The molecule has 0 unspecified atom stereocenters. The highest BCUT2D eigenvalue weighted by molar-refractivity contribution is 9.10. The third kappa shape index (κ3) is 5.54. The number of benzene rings is 3. The molecule has 3 aromatic carbocycles. The molecule has 0 atom stereocenters. The molecular weight excluding hydrogens is 492 g/mol. The van der Waals surface area contributed by atoms with E-state index in [0.29, 0.717) is 17.0 Å². The number of methoxy groups -OCH3 is 1. The molecule has 1 heterocycles. The number of ether oxygens (including phenoxy) is 1. The van der Waals surface area contributed by atoms with Crippen molar-refractivity contribution in [1.82, 2.24) is 15.0 Å². The SMILES string of the molecule is CCCCc1ccc(-n2nc3cc(C)c(NC(=O)C=Cc4cc(Br)ccc4OC)cc3n2)cc1. The molecule has 1 amide bonds. The number of fused-ring (bicyclic) bond motifs is 1. The van der Waals surface area contributed by atoms with Crippen LogP contribution in [0.25, 0.3) is 22.8 Å². The number of rotatable bonds is 8. The van der Waals surface area contributed by atoms with Crippen LogP contribution in [0.1, 0.15) is 36.5 Å². The summed E-state index contributed by atoms with van der Waals surface area (Å²) >= 11 is 3.45. The first-order chi connectivity index (χ1) is 16.5. The maximum Gasteiger partial charge on any atom is 0.248 e. The number of hydrogen-bond donors (Lipinski definition) is 1. The van der Waals surface area contributed by atoms with Crippen LogP contribution in [0.3, 0.4) is 0 Å². The summed E-state index contributed by atoms with van der Waals surface area (Å²) < 4.78 is 6.27. The number of hydrogen-bond acceptors (Lipinski definition) is 4. The fraction of sp³-hybridized carbons (Fsp3) is 0.222.